The van der Waals surface area contributed by atoms with Gasteiger partial charge in [0, 0.05) is 6.10 Å². The van der Waals surface area contributed by atoms with E-state index in [4.69, 9.17) is 13.9 Å². The Morgan fingerprint density at radius 3 is 2.26 bits per heavy atom. The number of ether oxygens (including phenoxy) is 2. The van der Waals surface area contributed by atoms with Crippen LogP contribution in [0.4, 0.5) is 0 Å². The molecule has 9 atom stereocenters. The highest BCUT2D eigenvalue weighted by Crippen LogP contribution is 2.69. The fourth-order valence-corrected chi connectivity index (χ4v) is 10.4. The van der Waals surface area contributed by atoms with E-state index in [9.17, 15) is 0 Å². The van der Waals surface area contributed by atoms with Crippen LogP contribution in [0, 0.1) is 34.5 Å². The van der Waals surface area contributed by atoms with E-state index in [0.29, 0.717) is 35.2 Å². The third-order valence-corrected chi connectivity index (χ3v) is 16.3. The zero-order valence-electron chi connectivity index (χ0n) is 23.4. The largest absolute Gasteiger partial charge is 0.414 e. The van der Waals surface area contributed by atoms with Crippen molar-refractivity contribution in [3.05, 3.63) is 17.9 Å². The van der Waals surface area contributed by atoms with Crippen molar-refractivity contribution in [2.75, 3.05) is 0 Å². The van der Waals surface area contributed by atoms with E-state index in [0.717, 1.165) is 12.8 Å². The molecule has 1 saturated heterocycles. The maximum absolute atomic E-state index is 7.01. The number of fused-ring (bicyclic) bond motifs is 8. The molecular formula is C30H50O3Si. The summed E-state index contributed by atoms with van der Waals surface area (Å²) in [7, 11) is -1.80. The van der Waals surface area contributed by atoms with Crippen molar-refractivity contribution < 1.29 is 13.9 Å². The normalized spacial score (nSPS) is 47.9. The van der Waals surface area contributed by atoms with Gasteiger partial charge in [0.05, 0.1) is 12.2 Å². The van der Waals surface area contributed by atoms with Crippen molar-refractivity contribution in [3.63, 3.8) is 0 Å². The summed E-state index contributed by atoms with van der Waals surface area (Å²) in [5, 5.41) is 0.246. The lowest BCUT2D eigenvalue weighted by molar-refractivity contribution is -0.181. The molecule has 0 radical (unpaired) electrons. The minimum Gasteiger partial charge on any atom is -0.414 e. The van der Waals surface area contributed by atoms with Crippen molar-refractivity contribution in [2.24, 2.45) is 34.5 Å². The van der Waals surface area contributed by atoms with Gasteiger partial charge in [-0.1, -0.05) is 41.2 Å². The van der Waals surface area contributed by atoms with Crippen LogP contribution in [0.15, 0.2) is 17.9 Å². The molecule has 0 aromatic rings. The first kappa shape index (κ1) is 25.3. The number of rotatable bonds is 2. The van der Waals surface area contributed by atoms with E-state index in [2.05, 4.69) is 73.9 Å². The molecule has 5 aliphatic rings. The second-order valence-electron chi connectivity index (χ2n) is 14.9. The zero-order valence-corrected chi connectivity index (χ0v) is 24.4. The van der Waals surface area contributed by atoms with Gasteiger partial charge in [-0.25, -0.2) is 0 Å². The highest BCUT2D eigenvalue weighted by Gasteiger charge is 2.68. The molecule has 0 bridgehead atoms. The van der Waals surface area contributed by atoms with Gasteiger partial charge >= 0.3 is 0 Å². The van der Waals surface area contributed by atoms with Gasteiger partial charge in [0.25, 0.3) is 0 Å². The molecule has 4 unspecified atom stereocenters. The van der Waals surface area contributed by atoms with Crippen LogP contribution in [0.2, 0.25) is 18.1 Å². The molecule has 0 N–H and O–H groups in total. The smallest absolute Gasteiger partial charge is 0.192 e. The Kier molecular flexibility index (Phi) is 5.80. The van der Waals surface area contributed by atoms with Crippen LogP contribution in [-0.2, 0) is 13.9 Å². The molecule has 4 saturated carbocycles. The molecule has 0 aromatic heterocycles. The maximum atomic E-state index is 7.01. The first-order chi connectivity index (χ1) is 15.6. The zero-order chi connectivity index (χ0) is 24.9. The van der Waals surface area contributed by atoms with Crippen LogP contribution in [0.1, 0.15) is 93.4 Å². The van der Waals surface area contributed by atoms with Crippen molar-refractivity contribution in [1.29, 1.82) is 0 Å². The predicted molar refractivity (Wildman–Crippen MR) is 141 cm³/mol. The van der Waals surface area contributed by atoms with E-state index in [-0.39, 0.29) is 22.7 Å². The number of hydrogen-bond donors (Lipinski definition) is 0. The lowest BCUT2D eigenvalue weighted by atomic mass is 9.43. The number of hydrogen-bond acceptors (Lipinski definition) is 3. The minimum absolute atomic E-state index is 0.186. The SMILES string of the molecule is C=C=C1CCC2C3C(CC[C@]12C)[C@@]1(C)CC[C@@H](O[Si](C)(C)C(C)(C)C)CC1[C@H]1OC(C)(C)O[C@H]31. The van der Waals surface area contributed by atoms with Crippen LogP contribution in [-0.4, -0.2) is 32.4 Å². The molecule has 0 aromatic carbocycles. The number of allylic oxidation sites excluding steroid dienone is 1. The molecule has 0 amide bonds. The third-order valence-electron chi connectivity index (χ3n) is 11.8. The molecule has 4 aliphatic carbocycles. The third kappa shape index (κ3) is 3.61. The quantitative estimate of drug-likeness (QED) is 0.293. The predicted octanol–water partition coefficient (Wildman–Crippen LogP) is 7.87. The van der Waals surface area contributed by atoms with E-state index in [1.165, 1.54) is 37.7 Å². The van der Waals surface area contributed by atoms with Crippen molar-refractivity contribution in [1.82, 2.24) is 0 Å². The first-order valence-electron chi connectivity index (χ1n) is 14.1. The maximum Gasteiger partial charge on any atom is 0.192 e. The van der Waals surface area contributed by atoms with Crippen LogP contribution in [0.25, 0.3) is 0 Å². The summed E-state index contributed by atoms with van der Waals surface area (Å²) in [5.41, 5.74) is 5.39. The Hall–Kier alpha value is -0.383. The molecule has 5 rings (SSSR count). The van der Waals surface area contributed by atoms with Gasteiger partial charge in [0.1, 0.15) is 0 Å². The molecule has 1 aliphatic heterocycles. The van der Waals surface area contributed by atoms with Crippen LogP contribution in [0.5, 0.6) is 0 Å². The van der Waals surface area contributed by atoms with Crippen molar-refractivity contribution in [3.8, 4) is 0 Å². The molecule has 192 valence electrons. The average Bonchev–Trinajstić information content (AvgIpc) is 3.22. The Labute approximate surface area is 210 Å². The lowest BCUT2D eigenvalue weighted by Crippen LogP contribution is -2.63. The van der Waals surface area contributed by atoms with Gasteiger partial charge in [0.15, 0.2) is 14.1 Å². The van der Waals surface area contributed by atoms with Gasteiger partial charge in [-0.15, -0.1) is 5.73 Å². The Bertz CT molecular complexity index is 880. The van der Waals surface area contributed by atoms with Crippen LogP contribution < -0.4 is 0 Å². The molecule has 1 heterocycles. The highest BCUT2D eigenvalue weighted by atomic mass is 28.4. The Balaban J connectivity index is 1.48. The summed E-state index contributed by atoms with van der Waals surface area (Å²) < 4.78 is 20.7. The van der Waals surface area contributed by atoms with Gasteiger partial charge in [0.2, 0.25) is 0 Å². The molecular weight excluding hydrogens is 436 g/mol. The Morgan fingerprint density at radius 1 is 0.941 bits per heavy atom. The highest BCUT2D eigenvalue weighted by molar-refractivity contribution is 6.74. The van der Waals surface area contributed by atoms with E-state index in [1.54, 1.807) is 0 Å². The van der Waals surface area contributed by atoms with Crippen molar-refractivity contribution in [2.45, 2.75) is 136 Å². The van der Waals surface area contributed by atoms with Gasteiger partial charge < -0.3 is 13.9 Å². The van der Waals surface area contributed by atoms with Crippen LogP contribution >= 0.6 is 0 Å². The van der Waals surface area contributed by atoms with Crippen LogP contribution in [0.3, 0.4) is 0 Å². The van der Waals surface area contributed by atoms with E-state index in [1.807, 2.05) is 0 Å². The lowest BCUT2D eigenvalue weighted by Gasteiger charge is -2.63. The van der Waals surface area contributed by atoms with Gasteiger partial charge in [-0.3, -0.25) is 0 Å². The van der Waals surface area contributed by atoms with Gasteiger partial charge in [-0.2, -0.15) is 0 Å². The Morgan fingerprint density at radius 2 is 1.62 bits per heavy atom. The fraction of sp³-hybridized carbons (Fsp3) is 0.900. The van der Waals surface area contributed by atoms with Crippen molar-refractivity contribution >= 4 is 8.32 Å². The second-order valence-corrected chi connectivity index (χ2v) is 19.6. The fourth-order valence-electron chi connectivity index (χ4n) is 8.95. The van der Waals surface area contributed by atoms with E-state index >= 15 is 0 Å². The topological polar surface area (TPSA) is 27.7 Å². The summed E-state index contributed by atoms with van der Waals surface area (Å²) in [4.78, 5) is 0. The molecule has 4 heteroatoms. The first-order valence-corrected chi connectivity index (χ1v) is 17.0. The standard InChI is InChI=1S/C30H50O3Si/c1-11-19-12-13-21-24-22(15-17-29(19,21)7)30(8)16-14-20(33-34(9,10)27(2,3)4)18-23(30)25-26(24)32-28(5,6)31-25/h20-26H,1,12-18H2,2-10H3/t20-,21?,22?,23?,24?,25-,26-,29-,30-/m1/s1. The van der Waals surface area contributed by atoms with Gasteiger partial charge in [-0.05, 0) is 117 Å². The molecule has 34 heavy (non-hydrogen) atoms. The molecule has 3 nitrogen and oxygen atoms in total. The monoisotopic (exact) mass is 486 g/mol. The minimum atomic E-state index is -1.80. The summed E-state index contributed by atoms with van der Waals surface area (Å²) in [6, 6.07) is 0. The summed E-state index contributed by atoms with van der Waals surface area (Å²) in [6.07, 6.45) is 9.36. The average molecular weight is 487 g/mol. The summed E-state index contributed by atoms with van der Waals surface area (Å²) in [5.74, 6) is 1.98. The van der Waals surface area contributed by atoms with E-state index < -0.39 is 14.1 Å². The second kappa shape index (κ2) is 7.81. The molecule has 0 spiro atoms. The summed E-state index contributed by atoms with van der Waals surface area (Å²) in [6.45, 7) is 25.4. The summed E-state index contributed by atoms with van der Waals surface area (Å²) >= 11 is 0. The molecule has 5 fully saturated rings.